The molecule has 1 atom stereocenters. The van der Waals surface area contributed by atoms with Crippen molar-refractivity contribution in [3.05, 3.63) is 29.8 Å². The van der Waals surface area contributed by atoms with Crippen molar-refractivity contribution in [1.29, 1.82) is 0 Å². The monoisotopic (exact) mass is 290 g/mol. The molecule has 0 aliphatic carbocycles. The molecule has 0 spiro atoms. The Morgan fingerprint density at radius 1 is 1.29 bits per heavy atom. The zero-order chi connectivity index (χ0) is 15.3. The summed E-state index contributed by atoms with van der Waals surface area (Å²) in [6.45, 7) is 8.69. The molecule has 1 aromatic rings. The Labute approximate surface area is 127 Å². The molecule has 0 bridgehead atoms. The highest BCUT2D eigenvalue weighted by molar-refractivity contribution is 5.94. The second-order valence-electron chi connectivity index (χ2n) is 6.38. The van der Waals surface area contributed by atoms with Crippen LogP contribution in [0.5, 0.6) is 0 Å². The standard InChI is InChI=1S/C17H26N2O2/c1-13-4-6-15(7-5-13)19-16(20)14(2)18-12-17(3)8-10-21-11-9-17/h4-7,14,18H,8-12H2,1-3H3,(H,19,20). The molecule has 0 radical (unpaired) electrons. The second kappa shape index (κ2) is 7.05. The zero-order valence-corrected chi connectivity index (χ0v) is 13.2. The second-order valence-corrected chi connectivity index (χ2v) is 6.38. The molecule has 2 N–H and O–H groups in total. The topological polar surface area (TPSA) is 50.4 Å². The van der Waals surface area contributed by atoms with Gasteiger partial charge in [0, 0.05) is 25.4 Å². The third-order valence-corrected chi connectivity index (χ3v) is 4.25. The summed E-state index contributed by atoms with van der Waals surface area (Å²) in [5.74, 6) is 0.00881. The summed E-state index contributed by atoms with van der Waals surface area (Å²) < 4.78 is 5.40. The van der Waals surface area contributed by atoms with E-state index in [4.69, 9.17) is 4.74 Å². The molecular weight excluding hydrogens is 264 g/mol. The van der Waals surface area contributed by atoms with Crippen LogP contribution in [0.4, 0.5) is 5.69 Å². The van der Waals surface area contributed by atoms with Crippen molar-refractivity contribution in [2.75, 3.05) is 25.1 Å². The number of amides is 1. The lowest BCUT2D eigenvalue weighted by atomic mass is 9.82. The lowest BCUT2D eigenvalue weighted by Crippen LogP contribution is -2.45. The van der Waals surface area contributed by atoms with Crippen LogP contribution < -0.4 is 10.6 Å². The van der Waals surface area contributed by atoms with Crippen LogP contribution in [0.2, 0.25) is 0 Å². The van der Waals surface area contributed by atoms with Gasteiger partial charge in [0.05, 0.1) is 6.04 Å². The molecule has 1 aromatic carbocycles. The van der Waals surface area contributed by atoms with E-state index in [1.807, 2.05) is 38.1 Å². The van der Waals surface area contributed by atoms with Crippen molar-refractivity contribution in [3.8, 4) is 0 Å². The van der Waals surface area contributed by atoms with E-state index in [9.17, 15) is 4.79 Å². The highest BCUT2D eigenvalue weighted by atomic mass is 16.5. The fourth-order valence-electron chi connectivity index (χ4n) is 2.42. The third-order valence-electron chi connectivity index (χ3n) is 4.25. The van der Waals surface area contributed by atoms with Crippen LogP contribution in [0, 0.1) is 12.3 Å². The van der Waals surface area contributed by atoms with Crippen molar-refractivity contribution >= 4 is 11.6 Å². The van der Waals surface area contributed by atoms with E-state index in [2.05, 4.69) is 17.6 Å². The summed E-state index contributed by atoms with van der Waals surface area (Å²) in [6.07, 6.45) is 2.10. The summed E-state index contributed by atoms with van der Waals surface area (Å²) in [4.78, 5) is 12.2. The summed E-state index contributed by atoms with van der Waals surface area (Å²) in [7, 11) is 0. The fraction of sp³-hybridized carbons (Fsp3) is 0.588. The summed E-state index contributed by atoms with van der Waals surface area (Å²) in [5.41, 5.74) is 2.26. The molecule has 1 saturated heterocycles. The molecule has 4 nitrogen and oxygen atoms in total. The van der Waals surface area contributed by atoms with Gasteiger partial charge in [0.2, 0.25) is 5.91 Å². The Morgan fingerprint density at radius 3 is 2.52 bits per heavy atom. The summed E-state index contributed by atoms with van der Waals surface area (Å²) >= 11 is 0. The van der Waals surface area contributed by atoms with Gasteiger partial charge in [0.25, 0.3) is 0 Å². The van der Waals surface area contributed by atoms with Gasteiger partial charge in [-0.25, -0.2) is 0 Å². The van der Waals surface area contributed by atoms with E-state index in [1.54, 1.807) is 0 Å². The zero-order valence-electron chi connectivity index (χ0n) is 13.2. The molecule has 2 rings (SSSR count). The van der Waals surface area contributed by atoms with E-state index < -0.39 is 0 Å². The minimum Gasteiger partial charge on any atom is -0.381 e. The van der Waals surface area contributed by atoms with Crippen LogP contribution in [0.15, 0.2) is 24.3 Å². The van der Waals surface area contributed by atoms with Crippen LogP contribution in [-0.2, 0) is 9.53 Å². The van der Waals surface area contributed by atoms with Crippen molar-refractivity contribution < 1.29 is 9.53 Å². The molecule has 0 saturated carbocycles. The lowest BCUT2D eigenvalue weighted by molar-refractivity contribution is -0.117. The van der Waals surface area contributed by atoms with Gasteiger partial charge >= 0.3 is 0 Å². The first-order valence-electron chi connectivity index (χ1n) is 7.67. The number of benzene rings is 1. The first kappa shape index (κ1) is 16.0. The normalized spacial score (nSPS) is 19.0. The van der Waals surface area contributed by atoms with Gasteiger partial charge in [-0.15, -0.1) is 0 Å². The number of rotatable bonds is 5. The number of nitrogens with one attached hydrogen (secondary N) is 2. The van der Waals surface area contributed by atoms with Crippen molar-refractivity contribution in [2.45, 2.75) is 39.7 Å². The molecule has 1 unspecified atom stereocenters. The Bertz CT molecular complexity index is 464. The minimum absolute atomic E-state index is 0.00881. The molecule has 21 heavy (non-hydrogen) atoms. The van der Waals surface area contributed by atoms with Crippen molar-refractivity contribution in [2.24, 2.45) is 5.41 Å². The predicted octanol–water partition coefficient (Wildman–Crippen LogP) is 2.73. The molecule has 1 heterocycles. The summed E-state index contributed by atoms with van der Waals surface area (Å²) in [5, 5.41) is 6.30. The van der Waals surface area contributed by atoms with Crippen LogP contribution in [0.1, 0.15) is 32.3 Å². The molecule has 1 aliphatic heterocycles. The predicted molar refractivity (Wildman–Crippen MR) is 85.4 cm³/mol. The van der Waals surface area contributed by atoms with E-state index >= 15 is 0 Å². The number of carbonyl (C=O) groups is 1. The smallest absolute Gasteiger partial charge is 0.241 e. The number of anilines is 1. The van der Waals surface area contributed by atoms with Crippen LogP contribution in [0.25, 0.3) is 0 Å². The van der Waals surface area contributed by atoms with E-state index in [-0.39, 0.29) is 17.4 Å². The number of hydrogen-bond acceptors (Lipinski definition) is 3. The Hall–Kier alpha value is -1.39. The molecule has 116 valence electrons. The summed E-state index contributed by atoms with van der Waals surface area (Å²) in [6, 6.07) is 7.65. The van der Waals surface area contributed by atoms with Gasteiger partial charge in [-0.3, -0.25) is 4.79 Å². The number of aryl methyl sites for hydroxylation is 1. The maximum absolute atomic E-state index is 12.2. The van der Waals surface area contributed by atoms with E-state index in [0.717, 1.165) is 38.3 Å². The van der Waals surface area contributed by atoms with Gasteiger partial charge in [0.15, 0.2) is 0 Å². The maximum atomic E-state index is 12.2. The van der Waals surface area contributed by atoms with Gasteiger partial charge in [-0.05, 0) is 44.2 Å². The molecule has 1 aliphatic rings. The van der Waals surface area contributed by atoms with Gasteiger partial charge < -0.3 is 15.4 Å². The van der Waals surface area contributed by atoms with Gasteiger partial charge in [-0.2, -0.15) is 0 Å². The molecule has 1 amide bonds. The number of carbonyl (C=O) groups excluding carboxylic acids is 1. The minimum atomic E-state index is -0.203. The molecule has 1 fully saturated rings. The third kappa shape index (κ3) is 4.83. The van der Waals surface area contributed by atoms with Crippen LogP contribution in [0.3, 0.4) is 0 Å². The lowest BCUT2D eigenvalue weighted by Gasteiger charge is -2.34. The Balaban J connectivity index is 1.80. The van der Waals surface area contributed by atoms with Gasteiger partial charge in [-0.1, -0.05) is 24.6 Å². The van der Waals surface area contributed by atoms with Crippen molar-refractivity contribution in [3.63, 3.8) is 0 Å². The Kier molecular flexibility index (Phi) is 5.37. The Morgan fingerprint density at radius 2 is 1.90 bits per heavy atom. The first-order valence-corrected chi connectivity index (χ1v) is 7.67. The van der Waals surface area contributed by atoms with Crippen LogP contribution >= 0.6 is 0 Å². The van der Waals surface area contributed by atoms with Crippen molar-refractivity contribution in [1.82, 2.24) is 5.32 Å². The molecule has 4 heteroatoms. The average molecular weight is 290 g/mol. The highest BCUT2D eigenvalue weighted by Gasteiger charge is 2.28. The fourth-order valence-corrected chi connectivity index (χ4v) is 2.42. The van der Waals surface area contributed by atoms with Gasteiger partial charge in [0.1, 0.15) is 0 Å². The maximum Gasteiger partial charge on any atom is 0.241 e. The SMILES string of the molecule is Cc1ccc(NC(=O)C(C)NCC2(C)CCOCC2)cc1. The average Bonchev–Trinajstić information content (AvgIpc) is 2.48. The number of ether oxygens (including phenoxy) is 1. The highest BCUT2D eigenvalue weighted by Crippen LogP contribution is 2.28. The largest absolute Gasteiger partial charge is 0.381 e. The van der Waals surface area contributed by atoms with E-state index in [1.165, 1.54) is 5.56 Å². The first-order chi connectivity index (χ1) is 9.98. The van der Waals surface area contributed by atoms with E-state index in [0.29, 0.717) is 0 Å². The van der Waals surface area contributed by atoms with Crippen LogP contribution in [-0.4, -0.2) is 31.7 Å². The molecular formula is C17H26N2O2. The number of hydrogen-bond donors (Lipinski definition) is 2. The quantitative estimate of drug-likeness (QED) is 0.876. The molecule has 0 aromatic heterocycles.